The first-order valence-electron chi connectivity index (χ1n) is 7.48. The molecule has 23 heavy (non-hydrogen) atoms. The molecule has 2 aromatic carbocycles. The summed E-state index contributed by atoms with van der Waals surface area (Å²) in [5, 5.41) is 2.98. The lowest BCUT2D eigenvalue weighted by Crippen LogP contribution is -2.26. The van der Waals surface area contributed by atoms with Crippen molar-refractivity contribution < 1.29 is 9.53 Å². The van der Waals surface area contributed by atoms with Crippen LogP contribution in [0.4, 0.5) is 0 Å². The van der Waals surface area contributed by atoms with Crippen molar-refractivity contribution >= 4 is 17.7 Å². The maximum atomic E-state index is 12.3. The zero-order valence-electron chi connectivity index (χ0n) is 13.2. The van der Waals surface area contributed by atoms with Crippen molar-refractivity contribution in [3.8, 4) is 5.75 Å². The standard InChI is InChI=1S/C19H21NO2S/c1-3-14-23-18-7-5-4-6-17(18)19(21)20-13-12-15-8-10-16(22-2)11-9-15/h3-11H,1,12-14H2,2H3,(H,20,21). The zero-order chi connectivity index (χ0) is 16.5. The fourth-order valence-corrected chi connectivity index (χ4v) is 2.93. The normalized spacial score (nSPS) is 10.1. The summed E-state index contributed by atoms with van der Waals surface area (Å²) in [6.45, 7) is 4.32. The average Bonchev–Trinajstić information content (AvgIpc) is 2.60. The molecule has 4 heteroatoms. The van der Waals surface area contributed by atoms with Crippen molar-refractivity contribution in [2.75, 3.05) is 19.4 Å². The van der Waals surface area contributed by atoms with Crippen LogP contribution >= 0.6 is 11.8 Å². The van der Waals surface area contributed by atoms with Gasteiger partial charge in [0.25, 0.3) is 5.91 Å². The monoisotopic (exact) mass is 327 g/mol. The lowest BCUT2D eigenvalue weighted by Gasteiger charge is -2.09. The van der Waals surface area contributed by atoms with Crippen LogP contribution in [0.1, 0.15) is 15.9 Å². The summed E-state index contributed by atoms with van der Waals surface area (Å²) in [6, 6.07) is 15.5. The van der Waals surface area contributed by atoms with Gasteiger partial charge in [0.1, 0.15) is 5.75 Å². The summed E-state index contributed by atoms with van der Waals surface area (Å²) in [6.07, 6.45) is 2.63. The van der Waals surface area contributed by atoms with Crippen LogP contribution < -0.4 is 10.1 Å². The van der Waals surface area contributed by atoms with Gasteiger partial charge in [-0.15, -0.1) is 18.3 Å². The minimum atomic E-state index is -0.0364. The van der Waals surface area contributed by atoms with Crippen LogP contribution in [0.5, 0.6) is 5.75 Å². The van der Waals surface area contributed by atoms with E-state index in [0.717, 1.165) is 22.8 Å². The second-order valence-electron chi connectivity index (χ2n) is 4.95. The van der Waals surface area contributed by atoms with Crippen molar-refractivity contribution in [2.45, 2.75) is 11.3 Å². The van der Waals surface area contributed by atoms with E-state index < -0.39 is 0 Å². The Bertz CT molecular complexity index is 653. The lowest BCUT2D eigenvalue weighted by molar-refractivity contribution is 0.0951. The van der Waals surface area contributed by atoms with Crippen LogP contribution in [0.3, 0.4) is 0 Å². The highest BCUT2D eigenvalue weighted by molar-refractivity contribution is 7.99. The zero-order valence-corrected chi connectivity index (χ0v) is 14.1. The molecule has 0 unspecified atom stereocenters. The quantitative estimate of drug-likeness (QED) is 0.589. The van der Waals surface area contributed by atoms with Gasteiger partial charge in [-0.25, -0.2) is 0 Å². The van der Waals surface area contributed by atoms with Gasteiger partial charge in [-0.3, -0.25) is 4.79 Å². The van der Waals surface area contributed by atoms with Crippen molar-refractivity contribution in [1.82, 2.24) is 5.32 Å². The molecule has 0 saturated carbocycles. The third kappa shape index (κ3) is 5.18. The summed E-state index contributed by atoms with van der Waals surface area (Å²) in [4.78, 5) is 13.3. The van der Waals surface area contributed by atoms with E-state index in [9.17, 15) is 4.79 Å². The average molecular weight is 327 g/mol. The molecule has 0 radical (unpaired) electrons. The van der Waals surface area contributed by atoms with E-state index in [2.05, 4.69) is 11.9 Å². The smallest absolute Gasteiger partial charge is 0.252 e. The highest BCUT2D eigenvalue weighted by Gasteiger charge is 2.10. The summed E-state index contributed by atoms with van der Waals surface area (Å²) in [7, 11) is 1.65. The van der Waals surface area contributed by atoms with Gasteiger partial charge in [-0.2, -0.15) is 0 Å². The van der Waals surface area contributed by atoms with Crippen molar-refractivity contribution in [3.63, 3.8) is 0 Å². The number of carbonyl (C=O) groups is 1. The number of hydrogen-bond acceptors (Lipinski definition) is 3. The van der Waals surface area contributed by atoms with Crippen LogP contribution in [0.25, 0.3) is 0 Å². The van der Waals surface area contributed by atoms with Gasteiger partial charge in [-0.1, -0.05) is 30.3 Å². The number of rotatable bonds is 8. The van der Waals surface area contributed by atoms with Crippen molar-refractivity contribution in [3.05, 3.63) is 72.3 Å². The first-order valence-corrected chi connectivity index (χ1v) is 8.47. The summed E-state index contributed by atoms with van der Waals surface area (Å²) < 4.78 is 5.14. The Hall–Kier alpha value is -2.20. The number of carbonyl (C=O) groups excluding carboxylic acids is 1. The molecule has 0 aliphatic rings. The molecule has 0 aliphatic heterocycles. The van der Waals surface area contributed by atoms with Gasteiger partial charge < -0.3 is 10.1 Å². The van der Waals surface area contributed by atoms with E-state index in [-0.39, 0.29) is 5.91 Å². The first kappa shape index (κ1) is 17.2. The summed E-state index contributed by atoms with van der Waals surface area (Å²) in [5.74, 6) is 1.59. The number of thioether (sulfide) groups is 1. The highest BCUT2D eigenvalue weighted by atomic mass is 32.2. The van der Waals surface area contributed by atoms with Crippen molar-refractivity contribution in [2.24, 2.45) is 0 Å². The van der Waals surface area contributed by atoms with Crippen molar-refractivity contribution in [1.29, 1.82) is 0 Å². The molecule has 0 spiro atoms. The molecule has 3 nitrogen and oxygen atoms in total. The Balaban J connectivity index is 1.90. The molecule has 0 aliphatic carbocycles. The Labute approximate surface area is 141 Å². The maximum Gasteiger partial charge on any atom is 0.252 e. The second-order valence-corrected chi connectivity index (χ2v) is 6.01. The van der Waals surface area contributed by atoms with Crippen LogP contribution in [-0.4, -0.2) is 25.3 Å². The summed E-state index contributed by atoms with van der Waals surface area (Å²) >= 11 is 1.62. The van der Waals surface area contributed by atoms with Gasteiger partial charge in [0.05, 0.1) is 12.7 Å². The van der Waals surface area contributed by atoms with Gasteiger partial charge in [0.15, 0.2) is 0 Å². The molecule has 0 atom stereocenters. The number of methoxy groups -OCH3 is 1. The lowest BCUT2D eigenvalue weighted by atomic mass is 10.1. The van der Waals surface area contributed by atoms with E-state index in [1.165, 1.54) is 5.56 Å². The molecule has 1 amide bonds. The predicted octanol–water partition coefficient (Wildman–Crippen LogP) is 3.95. The Morgan fingerprint density at radius 2 is 1.96 bits per heavy atom. The molecule has 0 fully saturated rings. The number of benzene rings is 2. The third-order valence-corrected chi connectivity index (χ3v) is 4.42. The number of amides is 1. The number of nitrogens with one attached hydrogen (secondary N) is 1. The Morgan fingerprint density at radius 1 is 1.22 bits per heavy atom. The van der Waals surface area contributed by atoms with Crippen LogP contribution in [-0.2, 0) is 6.42 Å². The molecule has 2 aromatic rings. The second kappa shape index (κ2) is 9.06. The third-order valence-electron chi connectivity index (χ3n) is 3.35. The molecule has 2 rings (SSSR count). The summed E-state index contributed by atoms with van der Waals surface area (Å²) in [5.41, 5.74) is 1.88. The molecule has 0 saturated heterocycles. The van der Waals surface area contributed by atoms with E-state index in [1.807, 2.05) is 54.6 Å². The molecular formula is C19H21NO2S. The van der Waals surface area contributed by atoms with Crippen LogP contribution in [0.2, 0.25) is 0 Å². The van der Waals surface area contributed by atoms with Gasteiger partial charge in [0, 0.05) is 17.2 Å². The maximum absolute atomic E-state index is 12.3. The highest BCUT2D eigenvalue weighted by Crippen LogP contribution is 2.22. The van der Waals surface area contributed by atoms with Gasteiger partial charge in [0.2, 0.25) is 0 Å². The van der Waals surface area contributed by atoms with E-state index in [0.29, 0.717) is 12.1 Å². The SMILES string of the molecule is C=CCSc1ccccc1C(=O)NCCc1ccc(OC)cc1. The Kier molecular flexibility index (Phi) is 6.76. The van der Waals surface area contributed by atoms with Crippen LogP contribution in [0, 0.1) is 0 Å². The van der Waals surface area contributed by atoms with Crippen LogP contribution in [0.15, 0.2) is 66.1 Å². The fourth-order valence-electron chi connectivity index (χ4n) is 2.14. The Morgan fingerprint density at radius 3 is 2.65 bits per heavy atom. The minimum Gasteiger partial charge on any atom is -0.497 e. The van der Waals surface area contributed by atoms with E-state index >= 15 is 0 Å². The molecule has 0 bridgehead atoms. The number of ether oxygens (including phenoxy) is 1. The molecule has 0 aromatic heterocycles. The fraction of sp³-hybridized carbons (Fsp3) is 0.211. The molecule has 0 heterocycles. The first-order chi connectivity index (χ1) is 11.2. The van der Waals surface area contributed by atoms with E-state index in [4.69, 9.17) is 4.74 Å². The largest absolute Gasteiger partial charge is 0.497 e. The van der Waals surface area contributed by atoms with Gasteiger partial charge >= 0.3 is 0 Å². The molecular weight excluding hydrogens is 306 g/mol. The van der Waals surface area contributed by atoms with Gasteiger partial charge in [-0.05, 0) is 36.2 Å². The van der Waals surface area contributed by atoms with E-state index in [1.54, 1.807) is 18.9 Å². The molecule has 120 valence electrons. The topological polar surface area (TPSA) is 38.3 Å². The minimum absolute atomic E-state index is 0.0364. The predicted molar refractivity (Wildman–Crippen MR) is 96.4 cm³/mol. The molecule has 1 N–H and O–H groups in total. The number of hydrogen-bond donors (Lipinski definition) is 1.